The van der Waals surface area contributed by atoms with Crippen molar-refractivity contribution in [1.29, 1.82) is 0 Å². The maximum absolute atomic E-state index is 12.3. The minimum Gasteiger partial charge on any atom is -0.493 e. The first-order valence-corrected chi connectivity index (χ1v) is 9.48. The van der Waals surface area contributed by atoms with Crippen molar-refractivity contribution in [2.75, 3.05) is 21.2 Å². The average Bonchev–Trinajstić information content (AvgIpc) is 2.74. The van der Waals surface area contributed by atoms with Crippen LogP contribution in [-0.2, 0) is 16.2 Å². The van der Waals surface area contributed by atoms with Crippen molar-refractivity contribution < 1.29 is 23.9 Å². The topological polar surface area (TPSA) is 76.2 Å². The normalized spacial score (nSPS) is 14.3. The second kappa shape index (κ2) is 8.48. The molecule has 1 fully saturated rings. The molecule has 0 unspecified atom stereocenters. The number of methoxy groups -OCH3 is 1. The highest BCUT2D eigenvalue weighted by atomic mass is 79.9. The van der Waals surface area contributed by atoms with E-state index >= 15 is 0 Å². The van der Waals surface area contributed by atoms with Crippen molar-refractivity contribution >= 4 is 39.9 Å². The summed E-state index contributed by atoms with van der Waals surface area (Å²) < 4.78 is 12.2. The van der Waals surface area contributed by atoms with Crippen molar-refractivity contribution in [2.24, 2.45) is 0 Å². The number of imide groups is 2. The van der Waals surface area contributed by atoms with Crippen LogP contribution in [0.1, 0.15) is 11.1 Å². The van der Waals surface area contributed by atoms with Crippen molar-refractivity contribution in [3.8, 4) is 11.5 Å². The second-order valence-electron chi connectivity index (χ2n) is 6.39. The number of amides is 4. The lowest BCUT2D eigenvalue weighted by molar-refractivity contribution is -0.134. The van der Waals surface area contributed by atoms with Gasteiger partial charge in [-0.2, -0.15) is 0 Å². The second-order valence-corrected chi connectivity index (χ2v) is 7.31. The molecule has 2 aromatic carbocycles. The summed E-state index contributed by atoms with van der Waals surface area (Å²) in [6.45, 7) is 0.360. The standard InChI is InChI=1S/C21H19BrN2O5/c1-23-19(25)16(20(26)24(2)21(23)27)10-14-6-9-17(18(11-14)28-3)29-12-13-4-7-15(22)8-5-13/h4-11H,12H2,1-3H3. The van der Waals surface area contributed by atoms with Gasteiger partial charge in [-0.15, -0.1) is 0 Å². The van der Waals surface area contributed by atoms with Crippen LogP contribution in [0.15, 0.2) is 52.5 Å². The highest BCUT2D eigenvalue weighted by Gasteiger charge is 2.37. The molecule has 3 rings (SSSR count). The zero-order valence-electron chi connectivity index (χ0n) is 16.1. The Morgan fingerprint density at radius 1 is 0.931 bits per heavy atom. The van der Waals surface area contributed by atoms with E-state index in [0.29, 0.717) is 23.7 Å². The number of benzene rings is 2. The molecule has 0 aliphatic carbocycles. The van der Waals surface area contributed by atoms with Gasteiger partial charge in [0, 0.05) is 18.6 Å². The summed E-state index contributed by atoms with van der Waals surface area (Å²) in [5.74, 6) is -0.298. The minimum absolute atomic E-state index is 0.0971. The predicted octanol–water partition coefficient (Wildman–Crippen LogP) is 3.47. The number of carbonyl (C=O) groups is 3. The fourth-order valence-electron chi connectivity index (χ4n) is 2.78. The smallest absolute Gasteiger partial charge is 0.333 e. The van der Waals surface area contributed by atoms with Crippen molar-refractivity contribution in [2.45, 2.75) is 6.61 Å². The van der Waals surface area contributed by atoms with Crippen LogP contribution in [0.2, 0.25) is 0 Å². The van der Waals surface area contributed by atoms with E-state index in [4.69, 9.17) is 9.47 Å². The third-order valence-corrected chi connectivity index (χ3v) is 4.98. The SMILES string of the molecule is COc1cc(C=C2C(=O)N(C)C(=O)N(C)C2=O)ccc1OCc1ccc(Br)cc1. The largest absolute Gasteiger partial charge is 0.493 e. The van der Waals surface area contributed by atoms with Gasteiger partial charge in [-0.1, -0.05) is 34.1 Å². The molecule has 0 atom stereocenters. The quantitative estimate of drug-likeness (QED) is 0.506. The van der Waals surface area contributed by atoms with Gasteiger partial charge >= 0.3 is 6.03 Å². The molecule has 0 radical (unpaired) electrons. The van der Waals surface area contributed by atoms with E-state index < -0.39 is 17.8 Å². The fourth-order valence-corrected chi connectivity index (χ4v) is 3.04. The van der Waals surface area contributed by atoms with Gasteiger partial charge in [0.05, 0.1) is 7.11 Å². The van der Waals surface area contributed by atoms with Crippen LogP contribution in [0.25, 0.3) is 6.08 Å². The van der Waals surface area contributed by atoms with Crippen molar-refractivity contribution in [3.05, 3.63) is 63.6 Å². The Bertz CT molecular complexity index is 975. The van der Waals surface area contributed by atoms with Crippen LogP contribution in [0.5, 0.6) is 11.5 Å². The van der Waals surface area contributed by atoms with Crippen LogP contribution in [0.3, 0.4) is 0 Å². The molecule has 150 valence electrons. The first kappa shape index (κ1) is 20.6. The number of ether oxygens (including phenoxy) is 2. The molecular formula is C21H19BrN2O5. The molecule has 0 spiro atoms. The summed E-state index contributed by atoms with van der Waals surface area (Å²) in [5, 5.41) is 0. The summed E-state index contributed by atoms with van der Waals surface area (Å²) in [6, 6.07) is 12.2. The summed E-state index contributed by atoms with van der Waals surface area (Å²) in [4.78, 5) is 38.3. The predicted molar refractivity (Wildman–Crippen MR) is 110 cm³/mol. The summed E-state index contributed by atoms with van der Waals surface area (Å²) in [5.41, 5.74) is 1.47. The molecule has 8 heteroatoms. The lowest BCUT2D eigenvalue weighted by Gasteiger charge is -2.28. The Kier molecular flexibility index (Phi) is 6.03. The number of rotatable bonds is 5. The molecule has 1 heterocycles. The molecule has 0 aromatic heterocycles. The van der Waals surface area contributed by atoms with Crippen LogP contribution in [0, 0.1) is 0 Å². The van der Waals surface area contributed by atoms with E-state index in [9.17, 15) is 14.4 Å². The Morgan fingerprint density at radius 2 is 1.55 bits per heavy atom. The number of urea groups is 1. The lowest BCUT2D eigenvalue weighted by Crippen LogP contribution is -2.52. The maximum atomic E-state index is 12.3. The molecule has 4 amide bonds. The molecule has 29 heavy (non-hydrogen) atoms. The minimum atomic E-state index is -0.661. The van der Waals surface area contributed by atoms with Gasteiger partial charge in [-0.25, -0.2) is 4.79 Å². The van der Waals surface area contributed by atoms with Gasteiger partial charge in [-0.05, 0) is 41.5 Å². The Labute approximate surface area is 176 Å². The lowest BCUT2D eigenvalue weighted by atomic mass is 10.1. The van der Waals surface area contributed by atoms with E-state index in [1.165, 1.54) is 27.3 Å². The molecule has 7 nitrogen and oxygen atoms in total. The summed E-state index contributed by atoms with van der Waals surface area (Å²) >= 11 is 3.39. The van der Waals surface area contributed by atoms with E-state index in [-0.39, 0.29) is 5.57 Å². The van der Waals surface area contributed by atoms with Gasteiger partial charge in [-0.3, -0.25) is 19.4 Å². The molecule has 2 aromatic rings. The molecular weight excluding hydrogens is 440 g/mol. The Balaban J connectivity index is 1.83. The van der Waals surface area contributed by atoms with Gasteiger partial charge in [0.1, 0.15) is 12.2 Å². The van der Waals surface area contributed by atoms with Crippen LogP contribution < -0.4 is 9.47 Å². The average molecular weight is 459 g/mol. The zero-order valence-corrected chi connectivity index (χ0v) is 17.7. The monoisotopic (exact) mass is 458 g/mol. The molecule has 0 bridgehead atoms. The number of hydrogen-bond donors (Lipinski definition) is 0. The van der Waals surface area contributed by atoms with E-state index in [1.807, 2.05) is 24.3 Å². The van der Waals surface area contributed by atoms with Crippen LogP contribution in [-0.4, -0.2) is 48.9 Å². The molecule has 1 aliphatic heterocycles. The Hall–Kier alpha value is -3.13. The highest BCUT2D eigenvalue weighted by Crippen LogP contribution is 2.30. The third-order valence-electron chi connectivity index (χ3n) is 4.45. The van der Waals surface area contributed by atoms with Crippen LogP contribution >= 0.6 is 15.9 Å². The van der Waals surface area contributed by atoms with Crippen LogP contribution in [0.4, 0.5) is 4.79 Å². The summed E-state index contributed by atoms with van der Waals surface area (Å²) in [7, 11) is 4.18. The number of carbonyl (C=O) groups excluding carboxylic acids is 3. The molecule has 1 saturated heterocycles. The van der Waals surface area contributed by atoms with Crippen molar-refractivity contribution in [3.63, 3.8) is 0 Å². The number of halogens is 1. The van der Waals surface area contributed by atoms with Crippen molar-refractivity contribution in [1.82, 2.24) is 9.80 Å². The number of barbiturate groups is 1. The third kappa shape index (κ3) is 4.32. The van der Waals surface area contributed by atoms with Gasteiger partial charge < -0.3 is 9.47 Å². The first-order chi connectivity index (χ1) is 13.8. The van der Waals surface area contributed by atoms with E-state index in [2.05, 4.69) is 15.9 Å². The van der Waals surface area contributed by atoms with Gasteiger partial charge in [0.2, 0.25) is 0 Å². The number of hydrogen-bond acceptors (Lipinski definition) is 5. The van der Waals surface area contributed by atoms with E-state index in [0.717, 1.165) is 19.8 Å². The van der Waals surface area contributed by atoms with Gasteiger partial charge in [0.25, 0.3) is 11.8 Å². The number of likely N-dealkylation sites (N-methyl/N-ethyl adjacent to an activating group) is 2. The molecule has 0 N–H and O–H groups in total. The summed E-state index contributed by atoms with van der Waals surface area (Å²) in [6.07, 6.45) is 1.44. The van der Waals surface area contributed by atoms with Gasteiger partial charge in [0.15, 0.2) is 11.5 Å². The fraction of sp³-hybridized carbons (Fsp3) is 0.190. The molecule has 0 saturated carbocycles. The van der Waals surface area contributed by atoms with E-state index in [1.54, 1.807) is 18.2 Å². The highest BCUT2D eigenvalue weighted by molar-refractivity contribution is 9.10. The zero-order chi connectivity index (χ0) is 21.1. The maximum Gasteiger partial charge on any atom is 0.333 e. The Morgan fingerprint density at radius 3 is 2.14 bits per heavy atom. The number of nitrogens with zero attached hydrogens (tertiary/aromatic N) is 2. The molecule has 1 aliphatic rings. The first-order valence-electron chi connectivity index (χ1n) is 8.69.